The number of rotatable bonds is 5. The van der Waals surface area contributed by atoms with Crippen molar-refractivity contribution < 1.29 is 17.7 Å². The Hall–Kier alpha value is -2.30. The van der Waals surface area contributed by atoms with Gasteiger partial charge in [-0.3, -0.25) is 4.68 Å². The number of nitrogens with zero attached hydrogens (tertiary/aromatic N) is 5. The van der Waals surface area contributed by atoms with Crippen molar-refractivity contribution in [2.45, 2.75) is 49.3 Å². The molecule has 10 heteroatoms. The van der Waals surface area contributed by atoms with Gasteiger partial charge in [0, 0.05) is 30.0 Å². The van der Waals surface area contributed by atoms with E-state index >= 15 is 0 Å². The molecule has 4 heterocycles. The Balaban J connectivity index is 1.18. The molecule has 0 unspecified atom stereocenters. The normalized spacial score (nSPS) is 21.9. The Labute approximate surface area is 180 Å². The van der Waals surface area contributed by atoms with Gasteiger partial charge in [-0.05, 0) is 37.8 Å². The fraction of sp³-hybridized carbons (Fsp3) is 0.571. The monoisotopic (exact) mass is 443 g/mol. The van der Waals surface area contributed by atoms with E-state index in [4.69, 9.17) is 9.26 Å². The Kier molecular flexibility index (Phi) is 4.62. The maximum Gasteiger partial charge on any atom is 0.258 e. The van der Waals surface area contributed by atoms with Crippen LogP contribution in [0.25, 0.3) is 22.4 Å². The number of benzene rings is 1. The summed E-state index contributed by atoms with van der Waals surface area (Å²) in [6.07, 6.45) is 5.92. The van der Waals surface area contributed by atoms with Crippen molar-refractivity contribution >= 4 is 20.9 Å². The zero-order chi connectivity index (χ0) is 21.0. The van der Waals surface area contributed by atoms with Gasteiger partial charge in [0.05, 0.1) is 36.2 Å². The lowest BCUT2D eigenvalue weighted by Gasteiger charge is -2.35. The Morgan fingerprint density at radius 3 is 2.55 bits per heavy atom. The highest BCUT2D eigenvalue weighted by molar-refractivity contribution is 7.89. The summed E-state index contributed by atoms with van der Waals surface area (Å²) < 4.78 is 39.8. The first kappa shape index (κ1) is 19.4. The lowest BCUT2D eigenvalue weighted by Crippen LogP contribution is -2.45. The number of hydrogen-bond donors (Lipinski definition) is 0. The molecule has 0 bridgehead atoms. The van der Waals surface area contributed by atoms with E-state index in [0.29, 0.717) is 38.0 Å². The average molecular weight is 444 g/mol. The standard InChI is InChI=1S/C21H25N5O4S/c27-31(28,18-2-1-3-18)25-8-6-14(7-9-25)20-23-21(30-24-20)15-4-5-16-11-22-26(19(16)10-15)17-12-29-13-17/h4-5,10-11,14,17-18H,1-3,6-9,12-13H2. The van der Waals surface area contributed by atoms with Crippen LogP contribution in [0.2, 0.25) is 0 Å². The summed E-state index contributed by atoms with van der Waals surface area (Å²) in [5, 5.41) is 9.61. The van der Waals surface area contributed by atoms with Gasteiger partial charge in [0.15, 0.2) is 5.82 Å². The van der Waals surface area contributed by atoms with Gasteiger partial charge in [0.25, 0.3) is 5.89 Å². The fourth-order valence-corrected chi connectivity index (χ4v) is 6.66. The van der Waals surface area contributed by atoms with Crippen molar-refractivity contribution in [1.82, 2.24) is 24.2 Å². The smallest absolute Gasteiger partial charge is 0.258 e. The van der Waals surface area contributed by atoms with Crippen molar-refractivity contribution in [3.63, 3.8) is 0 Å². The predicted molar refractivity (Wildman–Crippen MR) is 113 cm³/mol. The zero-order valence-electron chi connectivity index (χ0n) is 17.2. The van der Waals surface area contributed by atoms with Crippen molar-refractivity contribution in [2.24, 2.45) is 0 Å². The summed E-state index contributed by atoms with van der Waals surface area (Å²) in [5.74, 6) is 1.27. The first-order valence-electron chi connectivity index (χ1n) is 11.0. The highest BCUT2D eigenvalue weighted by Crippen LogP contribution is 2.34. The molecule has 0 atom stereocenters. The Morgan fingerprint density at radius 2 is 1.87 bits per heavy atom. The molecule has 0 amide bonds. The van der Waals surface area contributed by atoms with Gasteiger partial charge in [-0.15, -0.1) is 0 Å². The van der Waals surface area contributed by atoms with Crippen LogP contribution in [-0.4, -0.2) is 64.2 Å². The summed E-state index contributed by atoms with van der Waals surface area (Å²) in [7, 11) is -3.14. The third-order valence-electron chi connectivity index (χ3n) is 6.91. The number of ether oxygens (including phenoxy) is 1. The van der Waals surface area contributed by atoms with E-state index in [1.54, 1.807) is 4.31 Å². The van der Waals surface area contributed by atoms with Gasteiger partial charge in [0.2, 0.25) is 10.0 Å². The molecule has 2 saturated heterocycles. The summed E-state index contributed by atoms with van der Waals surface area (Å²) in [5.41, 5.74) is 1.89. The quantitative estimate of drug-likeness (QED) is 0.597. The molecule has 31 heavy (non-hydrogen) atoms. The lowest BCUT2D eigenvalue weighted by molar-refractivity contribution is -0.0266. The molecule has 0 radical (unpaired) electrons. The van der Waals surface area contributed by atoms with E-state index in [0.717, 1.165) is 48.6 Å². The van der Waals surface area contributed by atoms with Crippen LogP contribution in [0.4, 0.5) is 0 Å². The topological polar surface area (TPSA) is 103 Å². The average Bonchev–Trinajstić information content (AvgIpc) is 3.33. The van der Waals surface area contributed by atoms with Crippen molar-refractivity contribution in [3.05, 3.63) is 30.2 Å². The number of sulfonamides is 1. The third kappa shape index (κ3) is 3.28. The fourth-order valence-electron chi connectivity index (χ4n) is 4.59. The molecule has 3 fully saturated rings. The number of fused-ring (bicyclic) bond motifs is 1. The van der Waals surface area contributed by atoms with E-state index in [2.05, 4.69) is 15.2 Å². The first-order valence-corrected chi connectivity index (χ1v) is 12.5. The molecule has 3 aromatic rings. The van der Waals surface area contributed by atoms with Crippen molar-refractivity contribution in [3.8, 4) is 11.5 Å². The Morgan fingerprint density at radius 1 is 1.06 bits per heavy atom. The van der Waals surface area contributed by atoms with Gasteiger partial charge < -0.3 is 9.26 Å². The summed E-state index contributed by atoms with van der Waals surface area (Å²) in [6, 6.07) is 6.29. The molecule has 3 aliphatic rings. The first-order chi connectivity index (χ1) is 15.1. The Bertz CT molecular complexity index is 1200. The van der Waals surface area contributed by atoms with Crippen LogP contribution in [0, 0.1) is 0 Å². The van der Waals surface area contributed by atoms with Crippen LogP contribution in [0.1, 0.15) is 49.9 Å². The maximum atomic E-state index is 12.6. The second-order valence-corrected chi connectivity index (χ2v) is 11.0. The van der Waals surface area contributed by atoms with Gasteiger partial charge in [-0.2, -0.15) is 10.1 Å². The van der Waals surface area contributed by atoms with Crippen LogP contribution in [-0.2, 0) is 14.8 Å². The molecule has 2 aromatic heterocycles. The zero-order valence-corrected chi connectivity index (χ0v) is 18.0. The predicted octanol–water partition coefficient (Wildman–Crippen LogP) is 2.72. The molecule has 2 aliphatic heterocycles. The molecule has 164 valence electrons. The van der Waals surface area contributed by atoms with Gasteiger partial charge in [-0.25, -0.2) is 12.7 Å². The van der Waals surface area contributed by atoms with E-state index in [-0.39, 0.29) is 17.2 Å². The molecule has 0 N–H and O–H groups in total. The minimum atomic E-state index is -3.14. The molecule has 1 saturated carbocycles. The van der Waals surface area contributed by atoms with Gasteiger partial charge in [-0.1, -0.05) is 17.6 Å². The highest BCUT2D eigenvalue weighted by Gasteiger charge is 2.38. The second-order valence-electron chi connectivity index (χ2n) is 8.78. The molecule has 0 spiro atoms. The van der Waals surface area contributed by atoms with Gasteiger partial charge in [0.1, 0.15) is 0 Å². The van der Waals surface area contributed by atoms with E-state index < -0.39 is 10.0 Å². The minimum absolute atomic E-state index is 0.117. The van der Waals surface area contributed by atoms with E-state index in [1.807, 2.05) is 29.1 Å². The second kappa shape index (κ2) is 7.39. The van der Waals surface area contributed by atoms with Gasteiger partial charge >= 0.3 is 0 Å². The molecular weight excluding hydrogens is 418 g/mol. The van der Waals surface area contributed by atoms with Crippen LogP contribution < -0.4 is 0 Å². The molecule has 9 nitrogen and oxygen atoms in total. The van der Waals surface area contributed by atoms with E-state index in [1.165, 1.54) is 0 Å². The largest absolute Gasteiger partial charge is 0.377 e. The third-order valence-corrected chi connectivity index (χ3v) is 9.30. The number of hydrogen-bond acceptors (Lipinski definition) is 7. The number of aromatic nitrogens is 4. The van der Waals surface area contributed by atoms with Crippen LogP contribution in [0.15, 0.2) is 28.9 Å². The lowest BCUT2D eigenvalue weighted by atomic mass is 9.97. The number of piperidine rings is 1. The maximum absolute atomic E-state index is 12.6. The van der Waals surface area contributed by atoms with Crippen molar-refractivity contribution in [2.75, 3.05) is 26.3 Å². The molecule has 1 aliphatic carbocycles. The molecule has 6 rings (SSSR count). The molecular formula is C21H25N5O4S. The van der Waals surface area contributed by atoms with Crippen molar-refractivity contribution in [1.29, 1.82) is 0 Å². The SMILES string of the molecule is O=S(=O)(C1CCC1)N1CCC(c2noc(-c3ccc4cnn(C5COC5)c4c3)n2)CC1. The summed E-state index contributed by atoms with van der Waals surface area (Å²) in [4.78, 5) is 4.65. The summed E-state index contributed by atoms with van der Waals surface area (Å²) in [6.45, 7) is 2.42. The summed E-state index contributed by atoms with van der Waals surface area (Å²) >= 11 is 0. The molecule has 1 aromatic carbocycles. The van der Waals surface area contributed by atoms with Crippen LogP contribution >= 0.6 is 0 Å². The van der Waals surface area contributed by atoms with Crippen LogP contribution in [0.5, 0.6) is 0 Å². The highest BCUT2D eigenvalue weighted by atomic mass is 32.2. The van der Waals surface area contributed by atoms with Crippen LogP contribution in [0.3, 0.4) is 0 Å². The van der Waals surface area contributed by atoms with E-state index in [9.17, 15) is 8.42 Å². The minimum Gasteiger partial charge on any atom is -0.377 e.